The number of aromatic nitrogens is 3. The third kappa shape index (κ3) is 2.40. The Hall–Kier alpha value is -2.63. The molecular formula is C15H16N4O2. The van der Waals surface area contributed by atoms with E-state index in [1.165, 1.54) is 0 Å². The summed E-state index contributed by atoms with van der Waals surface area (Å²) in [4.78, 5) is 19.8. The molecule has 6 heteroatoms. The van der Waals surface area contributed by atoms with Gasteiger partial charge in [0, 0.05) is 5.92 Å². The van der Waals surface area contributed by atoms with Crippen molar-refractivity contribution in [1.29, 1.82) is 0 Å². The molecule has 0 atom stereocenters. The zero-order valence-corrected chi connectivity index (χ0v) is 12.1. The largest absolute Gasteiger partial charge is 0.360 e. The molecule has 0 aliphatic heterocycles. The third-order valence-electron chi connectivity index (χ3n) is 3.26. The van der Waals surface area contributed by atoms with Crippen molar-refractivity contribution in [3.63, 3.8) is 0 Å². The first-order chi connectivity index (χ1) is 10.1. The smallest absolute Gasteiger partial charge is 0.263 e. The maximum absolute atomic E-state index is 12.4. The first kappa shape index (κ1) is 13.4. The Morgan fingerprint density at radius 3 is 2.81 bits per heavy atom. The molecule has 0 saturated heterocycles. The van der Waals surface area contributed by atoms with Gasteiger partial charge in [0.25, 0.3) is 5.91 Å². The van der Waals surface area contributed by atoms with Crippen molar-refractivity contribution in [2.24, 2.45) is 0 Å². The second kappa shape index (κ2) is 5.05. The summed E-state index contributed by atoms with van der Waals surface area (Å²) in [6, 6.07) is 7.59. The fourth-order valence-corrected chi connectivity index (χ4v) is 2.24. The van der Waals surface area contributed by atoms with Crippen molar-refractivity contribution in [3.05, 3.63) is 41.3 Å². The van der Waals surface area contributed by atoms with Crippen molar-refractivity contribution in [1.82, 2.24) is 15.1 Å². The Kier molecular flexibility index (Phi) is 3.21. The highest BCUT2D eigenvalue weighted by atomic mass is 16.5. The number of carbonyl (C=O) groups excluding carboxylic acids is 1. The molecule has 1 aromatic carbocycles. The summed E-state index contributed by atoms with van der Waals surface area (Å²) in [5, 5.41) is 6.64. The highest BCUT2D eigenvalue weighted by Gasteiger charge is 2.23. The molecule has 3 aromatic rings. The predicted molar refractivity (Wildman–Crippen MR) is 79.4 cm³/mol. The second-order valence-corrected chi connectivity index (χ2v) is 5.22. The Labute approximate surface area is 121 Å². The zero-order chi connectivity index (χ0) is 15.0. The van der Waals surface area contributed by atoms with E-state index < -0.39 is 0 Å². The van der Waals surface area contributed by atoms with Crippen LogP contribution in [-0.2, 0) is 0 Å². The molecule has 0 fully saturated rings. The number of hydrogen-bond donors (Lipinski definition) is 2. The molecule has 2 heterocycles. The van der Waals surface area contributed by atoms with Gasteiger partial charge in [-0.05, 0) is 19.1 Å². The molecule has 108 valence electrons. The quantitative estimate of drug-likeness (QED) is 0.773. The summed E-state index contributed by atoms with van der Waals surface area (Å²) < 4.78 is 5.23. The number of benzene rings is 1. The van der Waals surface area contributed by atoms with Gasteiger partial charge in [0.15, 0.2) is 5.76 Å². The minimum atomic E-state index is -0.267. The molecule has 0 aliphatic carbocycles. The number of nitrogens with one attached hydrogen (secondary N) is 2. The van der Waals surface area contributed by atoms with Gasteiger partial charge < -0.3 is 9.51 Å². The number of carbonyl (C=O) groups is 1. The van der Waals surface area contributed by atoms with E-state index in [2.05, 4.69) is 20.4 Å². The number of aromatic amines is 1. The summed E-state index contributed by atoms with van der Waals surface area (Å²) in [6.45, 7) is 5.67. The van der Waals surface area contributed by atoms with Crippen molar-refractivity contribution in [2.75, 3.05) is 5.32 Å². The maximum Gasteiger partial charge on any atom is 0.263 e. The van der Waals surface area contributed by atoms with Crippen LogP contribution in [0.1, 0.15) is 41.6 Å². The molecule has 0 unspecified atom stereocenters. The van der Waals surface area contributed by atoms with E-state index in [9.17, 15) is 4.79 Å². The highest BCUT2D eigenvalue weighted by molar-refractivity contribution is 6.05. The standard InChI is InChI=1S/C15H16N4O2/c1-8(2)13-12(9(3)19-21-13)14(20)18-15-16-10-6-4-5-7-11(10)17-15/h4-8H,1-3H3,(H2,16,17,18,20). The first-order valence-electron chi connectivity index (χ1n) is 6.78. The number of rotatable bonds is 3. The van der Waals surface area contributed by atoms with Crippen molar-refractivity contribution in [2.45, 2.75) is 26.7 Å². The van der Waals surface area contributed by atoms with Gasteiger partial charge in [-0.2, -0.15) is 0 Å². The fraction of sp³-hybridized carbons (Fsp3) is 0.267. The van der Waals surface area contributed by atoms with E-state index in [0.717, 1.165) is 11.0 Å². The lowest BCUT2D eigenvalue weighted by molar-refractivity contribution is 0.102. The Morgan fingerprint density at radius 1 is 1.33 bits per heavy atom. The molecule has 6 nitrogen and oxygen atoms in total. The number of nitrogens with zero attached hydrogens (tertiary/aromatic N) is 2. The lowest BCUT2D eigenvalue weighted by Gasteiger charge is -2.04. The molecule has 2 aromatic heterocycles. The summed E-state index contributed by atoms with van der Waals surface area (Å²) in [6.07, 6.45) is 0. The first-order valence-corrected chi connectivity index (χ1v) is 6.78. The molecule has 0 spiro atoms. The normalized spacial score (nSPS) is 11.2. The van der Waals surface area contributed by atoms with Crippen molar-refractivity contribution >= 4 is 22.9 Å². The average molecular weight is 284 g/mol. The Balaban J connectivity index is 1.91. The summed E-state index contributed by atoms with van der Waals surface area (Å²) in [5.41, 5.74) is 2.73. The number of H-pyrrole nitrogens is 1. The number of amides is 1. The van der Waals surface area contributed by atoms with E-state index in [4.69, 9.17) is 4.52 Å². The molecule has 0 aliphatic rings. The summed E-state index contributed by atoms with van der Waals surface area (Å²) in [5.74, 6) is 0.816. The number of aryl methyl sites for hydroxylation is 1. The molecule has 21 heavy (non-hydrogen) atoms. The van der Waals surface area contributed by atoms with Gasteiger partial charge in [-0.15, -0.1) is 0 Å². The second-order valence-electron chi connectivity index (χ2n) is 5.22. The minimum Gasteiger partial charge on any atom is -0.360 e. The van der Waals surface area contributed by atoms with Crippen LogP contribution in [0.5, 0.6) is 0 Å². The van der Waals surface area contributed by atoms with Crippen LogP contribution in [0.2, 0.25) is 0 Å². The molecule has 1 amide bonds. The minimum absolute atomic E-state index is 0.0858. The van der Waals surface area contributed by atoms with Crippen molar-refractivity contribution in [3.8, 4) is 0 Å². The Morgan fingerprint density at radius 2 is 2.10 bits per heavy atom. The molecule has 2 N–H and O–H groups in total. The third-order valence-corrected chi connectivity index (χ3v) is 3.26. The number of imidazole rings is 1. The van der Waals surface area contributed by atoms with Gasteiger partial charge in [-0.3, -0.25) is 10.1 Å². The van der Waals surface area contributed by atoms with E-state index >= 15 is 0 Å². The van der Waals surface area contributed by atoms with Crippen LogP contribution in [0.15, 0.2) is 28.8 Å². The van der Waals surface area contributed by atoms with Gasteiger partial charge in [0.1, 0.15) is 5.56 Å². The summed E-state index contributed by atoms with van der Waals surface area (Å²) >= 11 is 0. The summed E-state index contributed by atoms with van der Waals surface area (Å²) in [7, 11) is 0. The average Bonchev–Trinajstić information content (AvgIpc) is 3.01. The van der Waals surface area contributed by atoms with Crippen molar-refractivity contribution < 1.29 is 9.32 Å². The van der Waals surface area contributed by atoms with E-state index in [-0.39, 0.29) is 11.8 Å². The van der Waals surface area contributed by atoms with Gasteiger partial charge in [0.05, 0.1) is 16.7 Å². The zero-order valence-electron chi connectivity index (χ0n) is 12.1. The Bertz CT molecular complexity index is 768. The van der Waals surface area contributed by atoms with Crippen LogP contribution in [0.3, 0.4) is 0 Å². The highest BCUT2D eigenvalue weighted by Crippen LogP contribution is 2.23. The monoisotopic (exact) mass is 284 g/mol. The fourth-order valence-electron chi connectivity index (χ4n) is 2.24. The number of anilines is 1. The number of para-hydroxylation sites is 2. The van der Waals surface area contributed by atoms with Gasteiger partial charge in [0.2, 0.25) is 5.95 Å². The topological polar surface area (TPSA) is 83.8 Å². The molecule has 0 saturated carbocycles. The molecule has 0 bridgehead atoms. The lowest BCUT2D eigenvalue weighted by Crippen LogP contribution is -2.15. The van der Waals surface area contributed by atoms with Gasteiger partial charge in [-0.25, -0.2) is 4.98 Å². The van der Waals surface area contributed by atoms with E-state index in [0.29, 0.717) is 23.0 Å². The van der Waals surface area contributed by atoms with Crippen LogP contribution >= 0.6 is 0 Å². The van der Waals surface area contributed by atoms with E-state index in [1.54, 1.807) is 6.92 Å². The van der Waals surface area contributed by atoms with Crippen LogP contribution in [0, 0.1) is 6.92 Å². The molecule has 3 rings (SSSR count). The lowest BCUT2D eigenvalue weighted by atomic mass is 10.0. The van der Waals surface area contributed by atoms with Crippen LogP contribution in [-0.4, -0.2) is 21.0 Å². The number of fused-ring (bicyclic) bond motifs is 1. The van der Waals surface area contributed by atoms with Crippen LogP contribution in [0.4, 0.5) is 5.95 Å². The van der Waals surface area contributed by atoms with E-state index in [1.807, 2.05) is 38.1 Å². The van der Waals surface area contributed by atoms with Crippen LogP contribution in [0.25, 0.3) is 11.0 Å². The van der Waals surface area contributed by atoms with Gasteiger partial charge in [-0.1, -0.05) is 31.1 Å². The number of hydrogen-bond acceptors (Lipinski definition) is 4. The van der Waals surface area contributed by atoms with Gasteiger partial charge >= 0.3 is 0 Å². The SMILES string of the molecule is Cc1noc(C(C)C)c1C(=O)Nc1nc2ccccc2[nH]1. The maximum atomic E-state index is 12.4. The molecule has 0 radical (unpaired) electrons. The van der Waals surface area contributed by atoms with Crippen LogP contribution < -0.4 is 5.32 Å². The molecular weight excluding hydrogens is 268 g/mol. The predicted octanol–water partition coefficient (Wildman–Crippen LogP) is 3.24.